The molecule has 0 N–H and O–H groups in total. The van der Waals surface area contributed by atoms with Gasteiger partial charge in [0.05, 0.1) is 0 Å². The first kappa shape index (κ1) is 55.3. The monoisotopic (exact) mass is 819 g/mol. The first-order valence-corrected chi connectivity index (χ1v) is 23.8. The van der Waals surface area contributed by atoms with Crippen LogP contribution in [0.4, 0.5) is 0 Å². The second-order valence-corrected chi connectivity index (χ2v) is 15.3. The first-order chi connectivity index (χ1) is 29.0. The minimum Gasteiger partial charge on any atom is -0.462 e. The van der Waals surface area contributed by atoms with Crippen molar-refractivity contribution in [2.24, 2.45) is 0 Å². The Morgan fingerprint density at radius 3 is 1.31 bits per heavy atom. The number of rotatable bonds is 41. The van der Waals surface area contributed by atoms with Crippen molar-refractivity contribution in [3.8, 4) is 0 Å². The lowest BCUT2D eigenvalue weighted by molar-refractivity contribution is -0.166. The molecule has 0 spiro atoms. The van der Waals surface area contributed by atoms with Gasteiger partial charge in [-0.1, -0.05) is 182 Å². The Morgan fingerprint density at radius 2 is 0.763 bits per heavy atom. The summed E-state index contributed by atoms with van der Waals surface area (Å²) < 4.78 is 16.6. The van der Waals surface area contributed by atoms with Crippen molar-refractivity contribution in [2.45, 2.75) is 207 Å². The van der Waals surface area contributed by atoms with E-state index in [4.69, 9.17) is 14.2 Å². The van der Waals surface area contributed by atoms with Crippen LogP contribution in [0.2, 0.25) is 0 Å². The lowest BCUT2D eigenvalue weighted by atomic mass is 10.1. The van der Waals surface area contributed by atoms with Crippen LogP contribution in [0.25, 0.3) is 0 Å². The fraction of sp³-hybridized carbons (Fsp3) is 0.642. The van der Waals surface area contributed by atoms with Gasteiger partial charge in [0, 0.05) is 19.3 Å². The third-order valence-electron chi connectivity index (χ3n) is 9.58. The van der Waals surface area contributed by atoms with Crippen molar-refractivity contribution in [1.82, 2.24) is 0 Å². The van der Waals surface area contributed by atoms with Gasteiger partial charge >= 0.3 is 17.9 Å². The molecule has 0 rings (SSSR count). The molecule has 0 radical (unpaired) electrons. The lowest BCUT2D eigenvalue weighted by Crippen LogP contribution is -2.30. The molecular weight excluding hydrogens is 733 g/mol. The van der Waals surface area contributed by atoms with Gasteiger partial charge in [0.25, 0.3) is 0 Å². The molecule has 1 atom stereocenters. The number of ether oxygens (including phenoxy) is 3. The molecule has 334 valence electrons. The molecule has 0 saturated heterocycles. The molecule has 0 saturated carbocycles. The fourth-order valence-corrected chi connectivity index (χ4v) is 6.01. The Labute approximate surface area is 362 Å². The van der Waals surface area contributed by atoms with Gasteiger partial charge in [-0.2, -0.15) is 0 Å². The van der Waals surface area contributed by atoms with Crippen LogP contribution in [0.15, 0.2) is 97.2 Å². The molecule has 0 aliphatic rings. The van der Waals surface area contributed by atoms with E-state index < -0.39 is 6.10 Å². The van der Waals surface area contributed by atoms with E-state index in [1.165, 1.54) is 70.6 Å². The van der Waals surface area contributed by atoms with Gasteiger partial charge in [0.1, 0.15) is 13.2 Å². The molecule has 0 aromatic carbocycles. The maximum absolute atomic E-state index is 12.7. The van der Waals surface area contributed by atoms with Crippen LogP contribution in [-0.2, 0) is 28.6 Å². The van der Waals surface area contributed by atoms with E-state index in [0.29, 0.717) is 19.3 Å². The topological polar surface area (TPSA) is 78.9 Å². The predicted molar refractivity (Wildman–Crippen MR) is 251 cm³/mol. The summed E-state index contributed by atoms with van der Waals surface area (Å²) in [5.41, 5.74) is 0. The predicted octanol–water partition coefficient (Wildman–Crippen LogP) is 15.4. The van der Waals surface area contributed by atoms with E-state index in [0.717, 1.165) is 70.6 Å². The third kappa shape index (κ3) is 45.3. The zero-order valence-electron chi connectivity index (χ0n) is 38.0. The molecular formula is C53H86O6. The SMILES string of the molecule is CC/C=C\C/C=C\C/C=C\C/C=C\C/C=C\CCC(=O)OCC(COC(=O)CCC/C=C\CCCCCC)OC(=O)CCCCC/C=C\C=C/CCCCCCCCC. The van der Waals surface area contributed by atoms with Crippen LogP contribution in [-0.4, -0.2) is 37.2 Å². The standard InChI is InChI=1S/C53H86O6/c1-4-7-10-13-16-19-21-23-25-27-29-31-34-37-40-43-46-52(55)58-49-50(48-57-51(54)45-42-39-36-33-18-15-12-9-6-3)59-53(56)47-44-41-38-35-32-30-28-26-24-22-20-17-14-11-8-5-2/h7,10,16,19,23,25-26,28-33,36-37,40,50H,4-6,8-9,11-15,17-18,20-22,24,27,34-35,38-39,41-49H2,1-3H3/b10-7-,19-16-,25-23-,28-26-,31-29-,32-30-,36-33-,40-37-. The zero-order chi connectivity index (χ0) is 43.0. The van der Waals surface area contributed by atoms with E-state index in [9.17, 15) is 14.4 Å². The third-order valence-corrected chi connectivity index (χ3v) is 9.58. The van der Waals surface area contributed by atoms with Gasteiger partial charge < -0.3 is 14.2 Å². The first-order valence-electron chi connectivity index (χ1n) is 23.8. The van der Waals surface area contributed by atoms with Gasteiger partial charge in [0.2, 0.25) is 0 Å². The quantitative estimate of drug-likeness (QED) is 0.0201. The van der Waals surface area contributed by atoms with Crippen LogP contribution in [0, 0.1) is 0 Å². The van der Waals surface area contributed by atoms with Crippen molar-refractivity contribution in [2.75, 3.05) is 13.2 Å². The average molecular weight is 819 g/mol. The molecule has 0 aromatic rings. The number of hydrogen-bond acceptors (Lipinski definition) is 6. The average Bonchev–Trinajstić information content (AvgIpc) is 3.23. The van der Waals surface area contributed by atoms with Crippen LogP contribution < -0.4 is 0 Å². The molecule has 0 bridgehead atoms. The normalized spacial score (nSPS) is 12.9. The molecule has 1 unspecified atom stereocenters. The van der Waals surface area contributed by atoms with Crippen molar-refractivity contribution < 1.29 is 28.6 Å². The van der Waals surface area contributed by atoms with Crippen LogP contribution in [0.3, 0.4) is 0 Å². The molecule has 0 fully saturated rings. The minimum atomic E-state index is -0.831. The molecule has 6 heteroatoms. The highest BCUT2D eigenvalue weighted by molar-refractivity contribution is 5.71. The minimum absolute atomic E-state index is 0.128. The summed E-state index contributed by atoms with van der Waals surface area (Å²) in [5.74, 6) is -1.08. The van der Waals surface area contributed by atoms with Crippen molar-refractivity contribution in [3.05, 3.63) is 97.2 Å². The molecule has 0 aromatic heterocycles. The summed E-state index contributed by atoms with van der Waals surface area (Å²) >= 11 is 0. The molecule has 0 aliphatic carbocycles. The summed E-state index contributed by atoms with van der Waals surface area (Å²) in [5, 5.41) is 0. The number of carbonyl (C=O) groups is 3. The Morgan fingerprint density at radius 1 is 0.373 bits per heavy atom. The highest BCUT2D eigenvalue weighted by Gasteiger charge is 2.19. The largest absolute Gasteiger partial charge is 0.462 e. The molecule has 6 nitrogen and oxygen atoms in total. The van der Waals surface area contributed by atoms with Crippen LogP contribution in [0.1, 0.15) is 201 Å². The summed E-state index contributed by atoms with van der Waals surface area (Å²) in [6, 6.07) is 0. The molecule has 0 heterocycles. The summed E-state index contributed by atoms with van der Waals surface area (Å²) in [7, 11) is 0. The Bertz CT molecular complexity index is 1220. The van der Waals surface area contributed by atoms with Gasteiger partial charge in [0.15, 0.2) is 6.10 Å². The zero-order valence-corrected chi connectivity index (χ0v) is 38.0. The van der Waals surface area contributed by atoms with Gasteiger partial charge in [-0.05, 0) is 96.3 Å². The lowest BCUT2D eigenvalue weighted by Gasteiger charge is -2.18. The summed E-state index contributed by atoms with van der Waals surface area (Å²) in [6.07, 6.45) is 61.3. The van der Waals surface area contributed by atoms with Gasteiger partial charge in [-0.3, -0.25) is 14.4 Å². The number of esters is 3. The fourth-order valence-electron chi connectivity index (χ4n) is 6.01. The van der Waals surface area contributed by atoms with Gasteiger partial charge in [-0.25, -0.2) is 0 Å². The molecule has 59 heavy (non-hydrogen) atoms. The summed E-state index contributed by atoms with van der Waals surface area (Å²) in [6.45, 7) is 6.34. The Balaban J connectivity index is 4.55. The molecule has 0 amide bonds. The number of allylic oxidation sites excluding steroid dienone is 16. The highest BCUT2D eigenvalue weighted by atomic mass is 16.6. The maximum Gasteiger partial charge on any atom is 0.306 e. The molecule has 0 aliphatic heterocycles. The summed E-state index contributed by atoms with van der Waals surface area (Å²) in [4.78, 5) is 37.7. The van der Waals surface area contributed by atoms with Crippen molar-refractivity contribution in [3.63, 3.8) is 0 Å². The number of hydrogen-bond donors (Lipinski definition) is 0. The van der Waals surface area contributed by atoms with E-state index in [2.05, 4.69) is 106 Å². The van der Waals surface area contributed by atoms with Gasteiger partial charge in [-0.15, -0.1) is 0 Å². The smallest absolute Gasteiger partial charge is 0.306 e. The highest BCUT2D eigenvalue weighted by Crippen LogP contribution is 2.11. The van der Waals surface area contributed by atoms with E-state index in [-0.39, 0.29) is 50.4 Å². The number of carbonyl (C=O) groups excluding carboxylic acids is 3. The Kier molecular flexibility index (Phi) is 44.1. The Hall–Kier alpha value is -3.67. The second-order valence-electron chi connectivity index (χ2n) is 15.3. The maximum atomic E-state index is 12.7. The van der Waals surface area contributed by atoms with E-state index in [1.807, 2.05) is 12.2 Å². The number of unbranched alkanes of at least 4 members (excludes halogenated alkanes) is 15. The second kappa shape index (κ2) is 47.0. The van der Waals surface area contributed by atoms with Crippen molar-refractivity contribution >= 4 is 17.9 Å². The van der Waals surface area contributed by atoms with Crippen LogP contribution >= 0.6 is 0 Å². The van der Waals surface area contributed by atoms with Crippen LogP contribution in [0.5, 0.6) is 0 Å². The van der Waals surface area contributed by atoms with Crippen molar-refractivity contribution in [1.29, 1.82) is 0 Å². The van der Waals surface area contributed by atoms with E-state index >= 15 is 0 Å². The van der Waals surface area contributed by atoms with E-state index in [1.54, 1.807) is 0 Å².